The molecule has 0 fully saturated rings. The third-order valence-electron chi connectivity index (χ3n) is 2.98. The number of sulfone groups is 1. The Kier molecular flexibility index (Phi) is 6.16. The fourth-order valence-corrected chi connectivity index (χ4v) is 2.60. The van der Waals surface area contributed by atoms with Gasteiger partial charge in [-0.05, 0) is 18.1 Å². The first-order chi connectivity index (χ1) is 9.60. The minimum atomic E-state index is -3.21. The van der Waals surface area contributed by atoms with Crippen LogP contribution in [0.15, 0.2) is 18.2 Å². The molecule has 1 rings (SSSR count). The van der Waals surface area contributed by atoms with E-state index < -0.39 is 27.6 Å². The van der Waals surface area contributed by atoms with Gasteiger partial charge in [0.1, 0.15) is 15.7 Å². The van der Waals surface area contributed by atoms with Crippen molar-refractivity contribution in [3.8, 4) is 0 Å². The van der Waals surface area contributed by atoms with E-state index in [0.717, 1.165) is 6.26 Å². The molecule has 0 aromatic heterocycles. The van der Waals surface area contributed by atoms with Crippen LogP contribution in [0.2, 0.25) is 5.02 Å². The van der Waals surface area contributed by atoms with Crippen molar-refractivity contribution in [2.45, 2.75) is 26.3 Å². The lowest BCUT2D eigenvalue weighted by Crippen LogP contribution is -2.33. The van der Waals surface area contributed by atoms with Crippen LogP contribution in [-0.2, 0) is 14.6 Å². The number of hydrogen-bond acceptors (Lipinski definition) is 3. The predicted molar refractivity (Wildman–Crippen MR) is 81.5 cm³/mol. The highest BCUT2D eigenvalue weighted by Crippen LogP contribution is 2.26. The molecule has 1 amide bonds. The summed E-state index contributed by atoms with van der Waals surface area (Å²) in [5.74, 6) is -1.20. The minimum absolute atomic E-state index is 0.0529. The molecule has 118 valence electrons. The van der Waals surface area contributed by atoms with Crippen molar-refractivity contribution in [1.82, 2.24) is 5.32 Å². The maximum absolute atomic E-state index is 14.0. The summed E-state index contributed by atoms with van der Waals surface area (Å²) in [5.41, 5.74) is 0.335. The summed E-state index contributed by atoms with van der Waals surface area (Å²) in [5, 5.41) is 2.96. The molecule has 21 heavy (non-hydrogen) atoms. The van der Waals surface area contributed by atoms with Crippen molar-refractivity contribution in [2.24, 2.45) is 5.92 Å². The molecule has 0 spiro atoms. The highest BCUT2D eigenvalue weighted by Gasteiger charge is 2.22. The van der Waals surface area contributed by atoms with Crippen LogP contribution in [-0.4, -0.2) is 26.3 Å². The molecule has 1 aromatic rings. The highest BCUT2D eigenvalue weighted by atomic mass is 35.5. The van der Waals surface area contributed by atoms with E-state index in [2.05, 4.69) is 5.32 Å². The second-order valence-corrected chi connectivity index (χ2v) is 8.03. The van der Waals surface area contributed by atoms with Crippen molar-refractivity contribution in [3.05, 3.63) is 34.6 Å². The second-order valence-electron chi connectivity index (χ2n) is 5.33. The average Bonchev–Trinajstić information content (AvgIpc) is 2.33. The molecule has 0 heterocycles. The molecule has 0 aliphatic heterocycles. The Balaban J connectivity index is 2.85. The van der Waals surface area contributed by atoms with Gasteiger partial charge >= 0.3 is 0 Å². The smallest absolute Gasteiger partial charge is 0.221 e. The van der Waals surface area contributed by atoms with Crippen LogP contribution in [0.5, 0.6) is 0 Å². The topological polar surface area (TPSA) is 63.2 Å². The van der Waals surface area contributed by atoms with Gasteiger partial charge in [0.15, 0.2) is 0 Å². The monoisotopic (exact) mass is 335 g/mol. The van der Waals surface area contributed by atoms with Crippen LogP contribution in [0.1, 0.15) is 31.9 Å². The van der Waals surface area contributed by atoms with Gasteiger partial charge in [0.2, 0.25) is 5.91 Å². The number of carbonyl (C=O) groups is 1. The van der Waals surface area contributed by atoms with E-state index >= 15 is 0 Å². The van der Waals surface area contributed by atoms with E-state index in [1.54, 1.807) is 6.07 Å². The van der Waals surface area contributed by atoms with Crippen molar-refractivity contribution in [2.75, 3.05) is 12.0 Å². The zero-order chi connectivity index (χ0) is 16.2. The Bertz CT molecular complexity index is 617. The van der Waals surface area contributed by atoms with Gasteiger partial charge in [0, 0.05) is 23.3 Å². The molecule has 0 bridgehead atoms. The third-order valence-corrected chi connectivity index (χ3v) is 4.16. The van der Waals surface area contributed by atoms with Gasteiger partial charge in [-0.2, -0.15) is 0 Å². The minimum Gasteiger partial charge on any atom is -0.349 e. The first kappa shape index (κ1) is 17.9. The van der Waals surface area contributed by atoms with Crippen LogP contribution < -0.4 is 5.32 Å². The molecule has 0 saturated heterocycles. The van der Waals surface area contributed by atoms with E-state index in [1.807, 2.05) is 13.8 Å². The number of benzene rings is 1. The normalized spacial score (nSPS) is 13.2. The van der Waals surface area contributed by atoms with Crippen molar-refractivity contribution >= 4 is 27.3 Å². The van der Waals surface area contributed by atoms with Crippen LogP contribution >= 0.6 is 11.6 Å². The number of amides is 1. The zero-order valence-electron chi connectivity index (χ0n) is 12.2. The Morgan fingerprint density at radius 3 is 2.48 bits per heavy atom. The summed E-state index contributed by atoms with van der Waals surface area (Å²) < 4.78 is 36.1. The predicted octanol–water partition coefficient (Wildman–Crippen LogP) is 2.73. The Morgan fingerprint density at radius 1 is 1.38 bits per heavy atom. The van der Waals surface area contributed by atoms with E-state index in [1.165, 1.54) is 12.1 Å². The average molecular weight is 336 g/mol. The molecule has 0 radical (unpaired) electrons. The summed E-state index contributed by atoms with van der Waals surface area (Å²) in [6.45, 7) is 3.69. The summed E-state index contributed by atoms with van der Waals surface area (Å²) in [6, 6.07) is 3.74. The van der Waals surface area contributed by atoms with Crippen LogP contribution in [0.25, 0.3) is 0 Å². The van der Waals surface area contributed by atoms with Crippen molar-refractivity contribution < 1.29 is 17.6 Å². The van der Waals surface area contributed by atoms with E-state index in [4.69, 9.17) is 11.6 Å². The molecule has 0 aliphatic carbocycles. The SMILES string of the molecule is CC(C)[C@@H](NC(=O)CCS(C)(=O)=O)c1ccc(Cl)cc1F. The fraction of sp³-hybridized carbons (Fsp3) is 0.500. The molecular formula is C14H19ClFNO3S. The first-order valence-corrected chi connectivity index (χ1v) is 8.96. The maximum Gasteiger partial charge on any atom is 0.221 e. The molecular weight excluding hydrogens is 317 g/mol. The third kappa shape index (κ3) is 6.01. The Labute approximate surface area is 129 Å². The summed E-state index contributed by atoms with van der Waals surface area (Å²) >= 11 is 5.71. The summed E-state index contributed by atoms with van der Waals surface area (Å²) in [7, 11) is -3.21. The summed E-state index contributed by atoms with van der Waals surface area (Å²) in [4.78, 5) is 11.8. The molecule has 1 atom stereocenters. The highest BCUT2D eigenvalue weighted by molar-refractivity contribution is 7.90. The van der Waals surface area contributed by atoms with Gasteiger partial charge in [-0.15, -0.1) is 0 Å². The van der Waals surface area contributed by atoms with E-state index in [-0.39, 0.29) is 23.1 Å². The second kappa shape index (κ2) is 7.22. The molecule has 1 N–H and O–H groups in total. The van der Waals surface area contributed by atoms with Gasteiger partial charge in [-0.1, -0.05) is 31.5 Å². The number of hydrogen-bond donors (Lipinski definition) is 1. The first-order valence-electron chi connectivity index (χ1n) is 6.52. The van der Waals surface area contributed by atoms with Crippen molar-refractivity contribution in [3.63, 3.8) is 0 Å². The van der Waals surface area contributed by atoms with Gasteiger partial charge in [0.25, 0.3) is 0 Å². The standard InChI is InChI=1S/C14H19ClFNO3S/c1-9(2)14(11-5-4-10(15)8-12(11)16)17-13(18)6-7-21(3,19)20/h4-5,8-9,14H,6-7H2,1-3H3,(H,17,18)/t14-/m1/s1. The van der Waals surface area contributed by atoms with Crippen LogP contribution in [0.4, 0.5) is 4.39 Å². The Morgan fingerprint density at radius 2 is 2.00 bits per heavy atom. The van der Waals surface area contributed by atoms with Gasteiger partial charge in [-0.3, -0.25) is 4.79 Å². The lowest BCUT2D eigenvalue weighted by atomic mass is 9.95. The number of halogens is 2. The van der Waals surface area contributed by atoms with Gasteiger partial charge in [-0.25, -0.2) is 12.8 Å². The summed E-state index contributed by atoms with van der Waals surface area (Å²) in [6.07, 6.45) is 0.927. The largest absolute Gasteiger partial charge is 0.349 e. The van der Waals surface area contributed by atoms with E-state index in [9.17, 15) is 17.6 Å². The number of rotatable bonds is 6. The molecule has 7 heteroatoms. The van der Waals surface area contributed by atoms with E-state index in [0.29, 0.717) is 5.56 Å². The lowest BCUT2D eigenvalue weighted by molar-refractivity contribution is -0.121. The Hall–Kier alpha value is -1.14. The van der Waals surface area contributed by atoms with Crippen LogP contribution in [0, 0.1) is 11.7 Å². The molecule has 4 nitrogen and oxygen atoms in total. The van der Waals surface area contributed by atoms with Gasteiger partial charge in [0.05, 0.1) is 11.8 Å². The number of carbonyl (C=O) groups excluding carboxylic acids is 1. The zero-order valence-corrected chi connectivity index (χ0v) is 13.8. The van der Waals surface area contributed by atoms with Crippen LogP contribution in [0.3, 0.4) is 0 Å². The molecule has 0 unspecified atom stereocenters. The van der Waals surface area contributed by atoms with Crippen molar-refractivity contribution in [1.29, 1.82) is 0 Å². The quantitative estimate of drug-likeness (QED) is 0.869. The molecule has 1 aromatic carbocycles. The van der Waals surface area contributed by atoms with Gasteiger partial charge < -0.3 is 5.32 Å². The maximum atomic E-state index is 14.0. The lowest BCUT2D eigenvalue weighted by Gasteiger charge is -2.23. The fourth-order valence-electron chi connectivity index (χ4n) is 1.88. The number of nitrogens with one attached hydrogen (secondary N) is 1. The molecule has 0 saturated carbocycles. The molecule has 0 aliphatic rings.